The standard InChI is InChI=1S/C21H12N6O3S2/c22-9-11-13(12-7-4-8-31-12)14-15(23)18(32-20(14)25-19(11)24)17(28)16-21(29)30-26-27(16)10-5-2-1-3-6-10/h1-8H,(H4-,23,24,25,26,28,29). The Kier molecular flexibility index (Phi) is 4.58. The molecule has 32 heavy (non-hydrogen) atoms. The predicted octanol–water partition coefficient (Wildman–Crippen LogP) is 2.63. The quantitative estimate of drug-likeness (QED) is 0.306. The molecule has 156 valence electrons. The first-order valence-corrected chi connectivity index (χ1v) is 10.9. The van der Waals surface area contributed by atoms with E-state index in [4.69, 9.17) is 16.0 Å². The van der Waals surface area contributed by atoms with Crippen LogP contribution in [0.25, 0.3) is 26.3 Å². The van der Waals surface area contributed by atoms with Crippen molar-refractivity contribution in [3.8, 4) is 28.1 Å². The van der Waals surface area contributed by atoms with Crippen molar-refractivity contribution in [2.75, 3.05) is 11.5 Å². The van der Waals surface area contributed by atoms with Crippen LogP contribution in [0.1, 0.15) is 20.9 Å². The van der Waals surface area contributed by atoms with E-state index in [1.54, 1.807) is 30.3 Å². The summed E-state index contributed by atoms with van der Waals surface area (Å²) in [6.07, 6.45) is 0. The molecule has 0 radical (unpaired) electrons. The molecule has 1 aromatic carbocycles. The summed E-state index contributed by atoms with van der Waals surface area (Å²) in [7, 11) is 0. The lowest BCUT2D eigenvalue weighted by molar-refractivity contribution is -0.672. The van der Waals surface area contributed by atoms with Gasteiger partial charge in [-0.1, -0.05) is 24.3 Å². The number of para-hydroxylation sites is 1. The normalized spacial score (nSPS) is 11.0. The topological polar surface area (TPSA) is 159 Å². The van der Waals surface area contributed by atoms with E-state index in [1.807, 2.05) is 17.5 Å². The summed E-state index contributed by atoms with van der Waals surface area (Å²) in [4.78, 5) is 19.0. The first-order valence-electron chi connectivity index (χ1n) is 9.15. The van der Waals surface area contributed by atoms with Gasteiger partial charge in [-0.05, 0) is 16.1 Å². The molecule has 5 rings (SSSR count). The molecule has 0 bridgehead atoms. The number of hydrogen-bond acceptors (Lipinski definition) is 10. The molecule has 0 aliphatic carbocycles. The zero-order valence-corrected chi connectivity index (χ0v) is 17.7. The second kappa shape index (κ2) is 7.45. The summed E-state index contributed by atoms with van der Waals surface area (Å²) in [5, 5.41) is 28.1. The van der Waals surface area contributed by atoms with E-state index < -0.39 is 11.7 Å². The fraction of sp³-hybridized carbons (Fsp3) is 0. The van der Waals surface area contributed by atoms with Gasteiger partial charge in [0.2, 0.25) is 5.69 Å². The number of aromatic nitrogens is 3. The summed E-state index contributed by atoms with van der Waals surface area (Å²) in [5.74, 6) is -1.51. The highest BCUT2D eigenvalue weighted by atomic mass is 32.1. The number of nitrogens with two attached hydrogens (primary N) is 2. The molecule has 0 amide bonds. The van der Waals surface area contributed by atoms with Gasteiger partial charge in [-0.2, -0.15) is 5.26 Å². The maximum Gasteiger partial charge on any atom is 0.312 e. The zero-order chi connectivity index (χ0) is 22.4. The van der Waals surface area contributed by atoms with E-state index in [9.17, 15) is 15.2 Å². The van der Waals surface area contributed by atoms with Crippen LogP contribution in [0.2, 0.25) is 0 Å². The molecule has 4 heterocycles. The highest BCUT2D eigenvalue weighted by molar-refractivity contribution is 7.21. The highest BCUT2D eigenvalue weighted by Crippen LogP contribution is 2.44. The number of nitrogens with zero attached hydrogens (tertiary/aromatic N) is 4. The SMILES string of the molecule is N#Cc1c(N)nc2sc(C(=O)c3c([O-])on[n+]3-c3ccccc3)c(N)c2c1-c1cccs1. The third-order valence-corrected chi connectivity index (χ3v) is 6.80. The molecule has 11 heteroatoms. The van der Waals surface area contributed by atoms with Gasteiger partial charge in [0.1, 0.15) is 27.2 Å². The molecule has 0 spiro atoms. The van der Waals surface area contributed by atoms with E-state index in [0.29, 0.717) is 21.5 Å². The van der Waals surface area contributed by atoms with E-state index in [0.717, 1.165) is 20.9 Å². The fourth-order valence-electron chi connectivity index (χ4n) is 3.41. The molecule has 4 N–H and O–H groups in total. The number of hydrogen-bond donors (Lipinski definition) is 2. The first kappa shape index (κ1) is 19.7. The Bertz CT molecular complexity index is 1530. The van der Waals surface area contributed by atoms with Crippen LogP contribution < -0.4 is 21.3 Å². The molecule has 0 unspecified atom stereocenters. The number of carbonyl (C=O) groups excluding carboxylic acids is 1. The molecule has 0 saturated heterocycles. The van der Waals surface area contributed by atoms with Gasteiger partial charge in [0.25, 0.3) is 5.78 Å². The Morgan fingerprint density at radius 2 is 1.97 bits per heavy atom. The van der Waals surface area contributed by atoms with Crippen LogP contribution in [0, 0.1) is 11.3 Å². The average Bonchev–Trinajstić information content (AvgIpc) is 3.53. The first-order chi connectivity index (χ1) is 15.5. The lowest BCUT2D eigenvalue weighted by Gasteiger charge is -2.07. The predicted molar refractivity (Wildman–Crippen MR) is 117 cm³/mol. The average molecular weight is 461 g/mol. The van der Waals surface area contributed by atoms with Crippen molar-refractivity contribution in [1.82, 2.24) is 10.3 Å². The van der Waals surface area contributed by atoms with Crippen molar-refractivity contribution in [2.24, 2.45) is 0 Å². The third kappa shape index (κ3) is 2.89. The van der Waals surface area contributed by atoms with Crippen LogP contribution in [0.5, 0.6) is 5.95 Å². The molecular weight excluding hydrogens is 448 g/mol. The lowest BCUT2D eigenvalue weighted by atomic mass is 10.0. The molecule has 0 fully saturated rings. The van der Waals surface area contributed by atoms with Crippen molar-refractivity contribution in [2.45, 2.75) is 0 Å². The number of rotatable bonds is 4. The fourth-order valence-corrected chi connectivity index (χ4v) is 5.25. The molecule has 0 aliphatic rings. The van der Waals surface area contributed by atoms with Crippen molar-refractivity contribution >= 4 is 50.2 Å². The minimum Gasteiger partial charge on any atom is -0.539 e. The summed E-state index contributed by atoms with van der Waals surface area (Å²) in [6.45, 7) is 0. The Balaban J connectivity index is 1.76. The molecule has 5 aromatic rings. The molecule has 0 aliphatic heterocycles. The summed E-state index contributed by atoms with van der Waals surface area (Å²) >= 11 is 2.40. The molecule has 0 saturated carbocycles. The monoisotopic (exact) mass is 460 g/mol. The number of fused-ring (bicyclic) bond motifs is 1. The Morgan fingerprint density at radius 3 is 2.66 bits per heavy atom. The largest absolute Gasteiger partial charge is 0.539 e. The van der Waals surface area contributed by atoms with Crippen molar-refractivity contribution in [3.05, 3.63) is 64.0 Å². The minimum absolute atomic E-state index is 0.0393. The van der Waals surface area contributed by atoms with E-state index in [1.165, 1.54) is 11.3 Å². The van der Waals surface area contributed by atoms with E-state index in [2.05, 4.69) is 16.3 Å². The van der Waals surface area contributed by atoms with Crippen molar-refractivity contribution in [1.29, 1.82) is 5.26 Å². The molecule has 4 aromatic heterocycles. The van der Waals surface area contributed by atoms with Gasteiger partial charge in [0, 0.05) is 28.0 Å². The molecule has 9 nitrogen and oxygen atoms in total. The van der Waals surface area contributed by atoms with Crippen LogP contribution in [0.4, 0.5) is 11.5 Å². The summed E-state index contributed by atoms with van der Waals surface area (Å²) in [6, 6.07) is 14.4. The number of ketones is 1. The number of nitriles is 1. The third-order valence-electron chi connectivity index (χ3n) is 4.82. The van der Waals surface area contributed by atoms with Crippen LogP contribution in [0.3, 0.4) is 0 Å². The van der Waals surface area contributed by atoms with Crippen LogP contribution in [0.15, 0.2) is 52.4 Å². The maximum atomic E-state index is 13.4. The summed E-state index contributed by atoms with van der Waals surface area (Å²) < 4.78 is 5.90. The van der Waals surface area contributed by atoms with E-state index in [-0.39, 0.29) is 27.6 Å². The van der Waals surface area contributed by atoms with Gasteiger partial charge in [-0.3, -0.25) is 4.79 Å². The maximum absolute atomic E-state index is 13.4. The van der Waals surface area contributed by atoms with Crippen molar-refractivity contribution in [3.63, 3.8) is 0 Å². The highest BCUT2D eigenvalue weighted by Gasteiger charge is 2.33. The van der Waals surface area contributed by atoms with Gasteiger partial charge in [0.05, 0.1) is 11.0 Å². The van der Waals surface area contributed by atoms with Gasteiger partial charge in [-0.15, -0.1) is 22.7 Å². The molecule has 0 atom stereocenters. The number of nitrogen functional groups attached to an aromatic ring is 2. The summed E-state index contributed by atoms with van der Waals surface area (Å²) in [5.41, 5.74) is 13.4. The van der Waals surface area contributed by atoms with Gasteiger partial charge in [-0.25, -0.2) is 4.98 Å². The van der Waals surface area contributed by atoms with Gasteiger partial charge in [0.15, 0.2) is 5.95 Å². The van der Waals surface area contributed by atoms with Crippen LogP contribution >= 0.6 is 22.7 Å². The number of anilines is 2. The smallest absolute Gasteiger partial charge is 0.312 e. The lowest BCUT2D eigenvalue weighted by Crippen LogP contribution is -2.39. The number of thiophene rings is 2. The number of pyridine rings is 1. The van der Waals surface area contributed by atoms with Crippen molar-refractivity contribution < 1.29 is 19.1 Å². The van der Waals surface area contributed by atoms with Gasteiger partial charge < -0.3 is 21.1 Å². The van der Waals surface area contributed by atoms with E-state index >= 15 is 0 Å². The minimum atomic E-state index is -0.889. The second-order valence-electron chi connectivity index (χ2n) is 6.65. The van der Waals surface area contributed by atoms with Crippen LogP contribution in [-0.2, 0) is 0 Å². The zero-order valence-electron chi connectivity index (χ0n) is 16.1. The number of benzene rings is 1. The second-order valence-corrected chi connectivity index (χ2v) is 8.59. The Labute approximate surface area is 188 Å². The number of carbonyl (C=O) groups is 1. The van der Waals surface area contributed by atoms with Crippen LogP contribution in [-0.4, -0.2) is 16.0 Å². The Morgan fingerprint density at radius 1 is 1.19 bits per heavy atom. The Hall–Kier alpha value is -4.27. The molecular formula is C21H12N6O3S2. The van der Waals surface area contributed by atoms with Gasteiger partial charge >= 0.3 is 5.69 Å².